The quantitative estimate of drug-likeness (QED) is 0.831. The number of carbonyl (C=O) groups is 2. The molecule has 4 nitrogen and oxygen atoms in total. The van der Waals surface area contributed by atoms with Gasteiger partial charge < -0.3 is 10.0 Å². The molecule has 18 heavy (non-hydrogen) atoms. The van der Waals surface area contributed by atoms with Gasteiger partial charge in [0, 0.05) is 11.0 Å². The van der Waals surface area contributed by atoms with Gasteiger partial charge in [0.15, 0.2) is 0 Å². The Morgan fingerprint density at radius 3 is 2.56 bits per heavy atom. The van der Waals surface area contributed by atoms with Crippen molar-refractivity contribution in [1.82, 2.24) is 4.90 Å². The summed E-state index contributed by atoms with van der Waals surface area (Å²) in [6.07, 6.45) is 2.17. The van der Waals surface area contributed by atoms with E-state index in [0.29, 0.717) is 17.3 Å². The van der Waals surface area contributed by atoms with Gasteiger partial charge >= 0.3 is 5.97 Å². The molecule has 0 unspecified atom stereocenters. The van der Waals surface area contributed by atoms with E-state index >= 15 is 0 Å². The minimum Gasteiger partial charge on any atom is -0.480 e. The zero-order valence-corrected chi connectivity index (χ0v) is 13.3. The first-order valence-electron chi connectivity index (χ1n) is 5.43. The summed E-state index contributed by atoms with van der Waals surface area (Å²) in [5, 5.41) is 8.86. The Labute approximate surface area is 125 Å². The third kappa shape index (κ3) is 3.55. The molecule has 1 aromatic rings. The van der Waals surface area contributed by atoms with Crippen molar-refractivity contribution in [2.45, 2.75) is 12.8 Å². The number of nitrogens with zero attached hydrogens (tertiary/aromatic N) is 1. The fourth-order valence-corrected chi connectivity index (χ4v) is 3.61. The van der Waals surface area contributed by atoms with E-state index in [0.717, 1.165) is 21.1 Å². The van der Waals surface area contributed by atoms with Gasteiger partial charge in [0.25, 0.3) is 5.91 Å². The van der Waals surface area contributed by atoms with E-state index < -0.39 is 5.97 Å². The van der Waals surface area contributed by atoms with Crippen LogP contribution in [0.15, 0.2) is 14.3 Å². The second kappa shape index (κ2) is 5.71. The summed E-state index contributed by atoms with van der Waals surface area (Å²) in [6.45, 7) is 0.306. The molecule has 2 rings (SSSR count). The van der Waals surface area contributed by atoms with Gasteiger partial charge in [0.2, 0.25) is 0 Å². The summed E-state index contributed by atoms with van der Waals surface area (Å²) in [6, 6.07) is 1.72. The number of hydrogen-bond acceptors (Lipinski definition) is 3. The Balaban J connectivity index is 2.12. The summed E-state index contributed by atoms with van der Waals surface area (Å²) < 4.78 is 1.66. The predicted octanol–water partition coefficient (Wildman–Crippen LogP) is 3.21. The number of halogens is 2. The van der Waals surface area contributed by atoms with Gasteiger partial charge in [0.1, 0.15) is 6.54 Å². The molecule has 0 spiro atoms. The van der Waals surface area contributed by atoms with Crippen molar-refractivity contribution in [1.29, 1.82) is 0 Å². The van der Waals surface area contributed by atoms with Gasteiger partial charge in [-0.25, -0.2) is 0 Å². The van der Waals surface area contributed by atoms with Gasteiger partial charge in [-0.2, -0.15) is 0 Å². The average molecular weight is 397 g/mol. The van der Waals surface area contributed by atoms with Gasteiger partial charge in [-0.15, -0.1) is 11.3 Å². The van der Waals surface area contributed by atoms with Crippen LogP contribution in [0.25, 0.3) is 0 Å². The van der Waals surface area contributed by atoms with Crippen molar-refractivity contribution < 1.29 is 14.7 Å². The van der Waals surface area contributed by atoms with Crippen LogP contribution in [0.5, 0.6) is 0 Å². The topological polar surface area (TPSA) is 57.6 Å². The molecular weight excluding hydrogens is 386 g/mol. The molecule has 1 heterocycles. The molecule has 1 saturated carbocycles. The van der Waals surface area contributed by atoms with E-state index in [2.05, 4.69) is 31.9 Å². The third-order valence-electron chi connectivity index (χ3n) is 2.64. The molecule has 0 aliphatic heterocycles. The number of carbonyl (C=O) groups excluding carboxylic acids is 1. The normalized spacial score (nSPS) is 14.6. The molecule has 0 aromatic carbocycles. The minimum atomic E-state index is -0.973. The first-order valence-corrected chi connectivity index (χ1v) is 7.83. The monoisotopic (exact) mass is 395 g/mol. The second-order valence-electron chi connectivity index (χ2n) is 4.26. The summed E-state index contributed by atoms with van der Waals surface area (Å²) in [5.41, 5.74) is 0. The molecule has 98 valence electrons. The third-order valence-corrected chi connectivity index (χ3v) is 5.89. The SMILES string of the molecule is O=C(O)CN(CC1CC1)C(=O)c1cc(Br)c(Br)s1. The van der Waals surface area contributed by atoms with Gasteiger partial charge in [-0.05, 0) is 56.7 Å². The highest BCUT2D eigenvalue weighted by atomic mass is 79.9. The van der Waals surface area contributed by atoms with E-state index in [1.807, 2.05) is 0 Å². The maximum absolute atomic E-state index is 12.2. The van der Waals surface area contributed by atoms with Crippen molar-refractivity contribution in [2.75, 3.05) is 13.1 Å². The van der Waals surface area contributed by atoms with E-state index in [4.69, 9.17) is 5.11 Å². The van der Waals surface area contributed by atoms with Crippen molar-refractivity contribution in [2.24, 2.45) is 5.92 Å². The first-order chi connectivity index (χ1) is 8.47. The van der Waals surface area contributed by atoms with Crippen molar-refractivity contribution in [3.63, 3.8) is 0 Å². The maximum Gasteiger partial charge on any atom is 0.323 e. The number of amides is 1. The van der Waals surface area contributed by atoms with E-state index in [9.17, 15) is 9.59 Å². The Hall–Kier alpha value is -0.400. The maximum atomic E-state index is 12.2. The van der Waals surface area contributed by atoms with Crippen LogP contribution in [0.2, 0.25) is 0 Å². The zero-order valence-electron chi connectivity index (χ0n) is 9.36. The summed E-state index contributed by atoms with van der Waals surface area (Å²) in [4.78, 5) is 25.0. The molecule has 7 heteroatoms. The number of aliphatic carboxylic acids is 1. The second-order valence-corrected chi connectivity index (χ2v) is 7.48. The summed E-state index contributed by atoms with van der Waals surface area (Å²) >= 11 is 7.97. The fourth-order valence-electron chi connectivity index (χ4n) is 1.60. The van der Waals surface area contributed by atoms with Crippen molar-refractivity contribution in [3.8, 4) is 0 Å². The molecule has 1 aliphatic rings. The highest BCUT2D eigenvalue weighted by Crippen LogP contribution is 2.34. The van der Waals surface area contributed by atoms with Crippen LogP contribution >= 0.6 is 43.2 Å². The highest BCUT2D eigenvalue weighted by molar-refractivity contribution is 9.13. The molecule has 1 fully saturated rings. The highest BCUT2D eigenvalue weighted by Gasteiger charge is 2.29. The molecule has 1 aromatic heterocycles. The molecule has 0 atom stereocenters. The van der Waals surface area contributed by atoms with Crippen LogP contribution in [-0.4, -0.2) is 35.0 Å². The van der Waals surface area contributed by atoms with Crippen LogP contribution < -0.4 is 0 Å². The Morgan fingerprint density at radius 1 is 1.44 bits per heavy atom. The first kappa shape index (κ1) is 14.0. The smallest absolute Gasteiger partial charge is 0.323 e. The van der Waals surface area contributed by atoms with Crippen LogP contribution in [0.3, 0.4) is 0 Å². The number of rotatable bonds is 5. The van der Waals surface area contributed by atoms with E-state index in [1.54, 1.807) is 6.07 Å². The molecule has 1 N–H and O–H groups in total. The van der Waals surface area contributed by atoms with Gasteiger partial charge in [-0.3, -0.25) is 9.59 Å². The fraction of sp³-hybridized carbons (Fsp3) is 0.455. The zero-order chi connectivity index (χ0) is 13.3. The van der Waals surface area contributed by atoms with Crippen LogP contribution in [0, 0.1) is 5.92 Å². The van der Waals surface area contributed by atoms with Crippen LogP contribution in [-0.2, 0) is 4.79 Å². The Bertz CT molecular complexity index is 465. The lowest BCUT2D eigenvalue weighted by atomic mass is 10.3. The van der Waals surface area contributed by atoms with Crippen molar-refractivity contribution in [3.05, 3.63) is 19.2 Å². The van der Waals surface area contributed by atoms with E-state index in [-0.39, 0.29) is 12.5 Å². The molecule has 0 bridgehead atoms. The van der Waals surface area contributed by atoms with Gasteiger partial charge in [0.05, 0.1) is 8.66 Å². The van der Waals surface area contributed by atoms with Crippen LogP contribution in [0.1, 0.15) is 22.5 Å². The standard InChI is InChI=1S/C11H11Br2NO3S/c12-7-3-8(18-10(7)13)11(17)14(5-9(15)16)4-6-1-2-6/h3,6H,1-2,4-5H2,(H,15,16). The lowest BCUT2D eigenvalue weighted by Gasteiger charge is -2.19. The molecule has 0 radical (unpaired) electrons. The molecule has 1 amide bonds. The van der Waals surface area contributed by atoms with E-state index in [1.165, 1.54) is 16.2 Å². The molecule has 0 saturated heterocycles. The van der Waals surface area contributed by atoms with Gasteiger partial charge in [-0.1, -0.05) is 0 Å². The number of carboxylic acids is 1. The lowest BCUT2D eigenvalue weighted by Crippen LogP contribution is -2.36. The van der Waals surface area contributed by atoms with Crippen molar-refractivity contribution >= 4 is 55.1 Å². The Morgan fingerprint density at radius 2 is 2.11 bits per heavy atom. The van der Waals surface area contributed by atoms with Crippen LogP contribution in [0.4, 0.5) is 0 Å². The largest absolute Gasteiger partial charge is 0.480 e. The molecular formula is C11H11Br2NO3S. The predicted molar refractivity (Wildman–Crippen MR) is 76.0 cm³/mol. The minimum absolute atomic E-state index is 0.208. The lowest BCUT2D eigenvalue weighted by molar-refractivity contribution is -0.137. The number of thiophene rings is 1. The Kier molecular flexibility index (Phi) is 4.45. The summed E-state index contributed by atoms with van der Waals surface area (Å²) in [7, 11) is 0. The summed E-state index contributed by atoms with van der Waals surface area (Å²) in [5.74, 6) is -0.709. The number of hydrogen-bond donors (Lipinski definition) is 1. The number of carboxylic acid groups (broad SMARTS) is 1. The molecule has 1 aliphatic carbocycles. The average Bonchev–Trinajstić information content (AvgIpc) is 3.03.